The van der Waals surface area contributed by atoms with E-state index in [1.807, 2.05) is 6.07 Å². The highest BCUT2D eigenvalue weighted by molar-refractivity contribution is 9.11. The number of nitrogens with zero attached hydrogens (tertiary/aromatic N) is 1. The van der Waals surface area contributed by atoms with Gasteiger partial charge in [-0.2, -0.15) is 13.2 Å². The third-order valence-electron chi connectivity index (χ3n) is 2.55. The molecule has 0 atom stereocenters. The van der Waals surface area contributed by atoms with Crippen LogP contribution in [0.3, 0.4) is 0 Å². The average Bonchev–Trinajstić information content (AvgIpc) is 2.37. The predicted molar refractivity (Wildman–Crippen MR) is 78.4 cm³/mol. The second-order valence-electron chi connectivity index (χ2n) is 4.03. The molecule has 1 heterocycles. The molecule has 20 heavy (non-hydrogen) atoms. The smallest absolute Gasteiger partial charge is 0.365 e. The Balaban J connectivity index is 2.04. The molecule has 0 amide bonds. The number of halogens is 5. The highest BCUT2D eigenvalue weighted by Gasteiger charge is 2.29. The maximum absolute atomic E-state index is 12.4. The fourth-order valence-electron chi connectivity index (χ4n) is 1.54. The minimum Gasteiger partial charge on any atom is -0.365 e. The number of benzene rings is 1. The van der Waals surface area contributed by atoms with E-state index in [2.05, 4.69) is 42.2 Å². The summed E-state index contributed by atoms with van der Waals surface area (Å²) in [6.07, 6.45) is -2.66. The summed E-state index contributed by atoms with van der Waals surface area (Å²) < 4.78 is 38.9. The van der Waals surface area contributed by atoms with Gasteiger partial charge in [0, 0.05) is 17.2 Å². The number of hydrogen-bond donors (Lipinski definition) is 1. The molecule has 2 aromatic rings. The quantitative estimate of drug-likeness (QED) is 0.749. The number of nitrogens with one attached hydrogen (secondary N) is 1. The fourth-order valence-corrected chi connectivity index (χ4v) is 2.67. The van der Waals surface area contributed by atoms with Crippen LogP contribution in [-0.4, -0.2) is 4.98 Å². The summed E-state index contributed by atoms with van der Waals surface area (Å²) in [5.41, 5.74) is 0.0961. The molecule has 1 aromatic carbocycles. The SMILES string of the molecule is FC(F)(F)c1ccc(CNc2ncc(Br)cc2Br)cc1. The van der Waals surface area contributed by atoms with Gasteiger partial charge in [-0.05, 0) is 55.6 Å². The van der Waals surface area contributed by atoms with E-state index in [1.165, 1.54) is 12.1 Å². The van der Waals surface area contributed by atoms with E-state index in [4.69, 9.17) is 0 Å². The van der Waals surface area contributed by atoms with Gasteiger partial charge in [0.25, 0.3) is 0 Å². The Morgan fingerprint density at radius 1 is 1.10 bits per heavy atom. The van der Waals surface area contributed by atoms with Crippen LogP contribution in [0.15, 0.2) is 45.5 Å². The van der Waals surface area contributed by atoms with Crippen LogP contribution in [0, 0.1) is 0 Å². The van der Waals surface area contributed by atoms with Crippen molar-refractivity contribution in [1.82, 2.24) is 4.98 Å². The van der Waals surface area contributed by atoms with E-state index < -0.39 is 11.7 Å². The Morgan fingerprint density at radius 3 is 2.30 bits per heavy atom. The lowest BCUT2D eigenvalue weighted by atomic mass is 10.1. The van der Waals surface area contributed by atoms with Gasteiger partial charge in [0.05, 0.1) is 10.0 Å². The second kappa shape index (κ2) is 6.13. The van der Waals surface area contributed by atoms with E-state index in [9.17, 15) is 13.2 Å². The third kappa shape index (κ3) is 3.96. The van der Waals surface area contributed by atoms with E-state index in [-0.39, 0.29) is 0 Å². The highest BCUT2D eigenvalue weighted by Crippen LogP contribution is 2.29. The fraction of sp³-hybridized carbons (Fsp3) is 0.154. The van der Waals surface area contributed by atoms with Gasteiger partial charge in [-0.15, -0.1) is 0 Å². The van der Waals surface area contributed by atoms with Crippen molar-refractivity contribution in [2.24, 2.45) is 0 Å². The normalized spacial score (nSPS) is 11.4. The number of anilines is 1. The first kappa shape index (κ1) is 15.3. The maximum atomic E-state index is 12.4. The predicted octanol–water partition coefficient (Wildman–Crippen LogP) is 5.24. The molecule has 0 fully saturated rings. The summed E-state index contributed by atoms with van der Waals surface area (Å²) in [4.78, 5) is 4.16. The Bertz CT molecular complexity index is 598. The number of rotatable bonds is 3. The summed E-state index contributed by atoms with van der Waals surface area (Å²) in [6.45, 7) is 0.394. The second-order valence-corrected chi connectivity index (χ2v) is 5.80. The van der Waals surface area contributed by atoms with Crippen LogP contribution in [0.4, 0.5) is 19.0 Å². The van der Waals surface area contributed by atoms with Gasteiger partial charge in [-0.1, -0.05) is 12.1 Å². The third-order valence-corrected chi connectivity index (χ3v) is 3.59. The lowest BCUT2D eigenvalue weighted by molar-refractivity contribution is -0.137. The molecule has 2 nitrogen and oxygen atoms in total. The van der Waals surface area contributed by atoms with Crippen molar-refractivity contribution in [1.29, 1.82) is 0 Å². The Labute approximate surface area is 130 Å². The first-order valence-corrected chi connectivity index (χ1v) is 7.16. The molecule has 0 radical (unpaired) electrons. The molecule has 1 N–H and O–H groups in total. The zero-order valence-electron chi connectivity index (χ0n) is 10.0. The topological polar surface area (TPSA) is 24.9 Å². The minimum absolute atomic E-state index is 0.394. The molecule has 106 valence electrons. The van der Waals surface area contributed by atoms with Crippen molar-refractivity contribution in [3.8, 4) is 0 Å². The average molecular weight is 410 g/mol. The Hall–Kier alpha value is -1.08. The first-order chi connectivity index (χ1) is 9.36. The van der Waals surface area contributed by atoms with Crippen LogP contribution in [0.2, 0.25) is 0 Å². The monoisotopic (exact) mass is 408 g/mol. The van der Waals surface area contributed by atoms with Crippen molar-refractivity contribution >= 4 is 37.7 Å². The van der Waals surface area contributed by atoms with Crippen LogP contribution in [-0.2, 0) is 12.7 Å². The molecule has 0 unspecified atom stereocenters. The molecule has 0 bridgehead atoms. The summed E-state index contributed by atoms with van der Waals surface area (Å²) in [5.74, 6) is 0.632. The van der Waals surface area contributed by atoms with Crippen molar-refractivity contribution in [3.63, 3.8) is 0 Å². The molecule has 0 saturated carbocycles. The van der Waals surface area contributed by atoms with Crippen LogP contribution in [0.5, 0.6) is 0 Å². The maximum Gasteiger partial charge on any atom is 0.416 e. The highest BCUT2D eigenvalue weighted by atomic mass is 79.9. The van der Waals surface area contributed by atoms with E-state index in [0.717, 1.165) is 26.6 Å². The lowest BCUT2D eigenvalue weighted by Gasteiger charge is -2.10. The van der Waals surface area contributed by atoms with E-state index >= 15 is 0 Å². The van der Waals surface area contributed by atoms with Gasteiger partial charge < -0.3 is 5.32 Å². The molecule has 1 aromatic heterocycles. The standard InChI is InChI=1S/C13H9Br2F3N2/c14-10-5-11(15)12(20-7-10)19-6-8-1-3-9(4-2-8)13(16,17)18/h1-5,7H,6H2,(H,19,20). The summed E-state index contributed by atoms with van der Waals surface area (Å²) in [5, 5.41) is 3.05. The van der Waals surface area contributed by atoms with Crippen molar-refractivity contribution in [2.45, 2.75) is 12.7 Å². The zero-order chi connectivity index (χ0) is 14.8. The van der Waals surface area contributed by atoms with Gasteiger partial charge >= 0.3 is 6.18 Å². The van der Waals surface area contributed by atoms with Gasteiger partial charge in [0.15, 0.2) is 0 Å². The Morgan fingerprint density at radius 2 is 1.75 bits per heavy atom. The lowest BCUT2D eigenvalue weighted by Crippen LogP contribution is -2.06. The molecule has 0 aliphatic carbocycles. The molecular formula is C13H9Br2F3N2. The molecule has 0 aliphatic heterocycles. The van der Waals surface area contributed by atoms with Crippen molar-refractivity contribution < 1.29 is 13.2 Å². The number of aromatic nitrogens is 1. The molecule has 7 heteroatoms. The summed E-state index contributed by atoms with van der Waals surface area (Å²) in [6, 6.07) is 6.87. The van der Waals surface area contributed by atoms with Gasteiger partial charge in [-0.3, -0.25) is 0 Å². The van der Waals surface area contributed by atoms with Gasteiger partial charge in [0.1, 0.15) is 5.82 Å². The number of alkyl halides is 3. The Kier molecular flexibility index (Phi) is 4.70. The van der Waals surface area contributed by atoms with E-state index in [0.29, 0.717) is 12.4 Å². The van der Waals surface area contributed by atoms with Crippen molar-refractivity contribution in [2.75, 3.05) is 5.32 Å². The van der Waals surface area contributed by atoms with Gasteiger partial charge in [0.2, 0.25) is 0 Å². The minimum atomic E-state index is -4.30. The van der Waals surface area contributed by atoms with Crippen LogP contribution in [0.1, 0.15) is 11.1 Å². The molecule has 0 spiro atoms. The van der Waals surface area contributed by atoms with Crippen LogP contribution < -0.4 is 5.32 Å². The summed E-state index contributed by atoms with van der Waals surface area (Å²) >= 11 is 6.65. The first-order valence-electron chi connectivity index (χ1n) is 5.57. The number of pyridine rings is 1. The molecule has 0 aliphatic rings. The van der Waals surface area contributed by atoms with E-state index in [1.54, 1.807) is 6.20 Å². The largest absolute Gasteiger partial charge is 0.416 e. The van der Waals surface area contributed by atoms with Crippen LogP contribution in [0.25, 0.3) is 0 Å². The van der Waals surface area contributed by atoms with Crippen LogP contribution >= 0.6 is 31.9 Å². The van der Waals surface area contributed by atoms with Crippen molar-refractivity contribution in [3.05, 3.63) is 56.6 Å². The summed E-state index contributed by atoms with van der Waals surface area (Å²) in [7, 11) is 0. The van der Waals surface area contributed by atoms with Gasteiger partial charge in [-0.25, -0.2) is 4.98 Å². The molecule has 0 saturated heterocycles. The molecular weight excluding hydrogens is 401 g/mol. The number of hydrogen-bond acceptors (Lipinski definition) is 2. The molecule has 2 rings (SSSR count). The zero-order valence-corrected chi connectivity index (χ0v) is 13.2.